The molecule has 0 bridgehead atoms. The van der Waals surface area contributed by atoms with E-state index in [-0.39, 0.29) is 0 Å². The van der Waals surface area contributed by atoms with Gasteiger partial charge in [-0.2, -0.15) is 0 Å². The van der Waals surface area contributed by atoms with Crippen LogP contribution in [0.15, 0.2) is 12.2 Å². The maximum atomic E-state index is 4.11. The van der Waals surface area contributed by atoms with Crippen LogP contribution in [0.2, 0.25) is 0 Å². The fourth-order valence-electron chi connectivity index (χ4n) is 0.979. The minimum absolute atomic E-state index is 0.683. The smallest absolute Gasteiger partial charge is 0.0351 e. The molecule has 0 heterocycles. The van der Waals surface area contributed by atoms with E-state index in [9.17, 15) is 0 Å². The van der Waals surface area contributed by atoms with E-state index in [0.717, 1.165) is 0 Å². The second-order valence-electron chi connectivity index (χ2n) is 2.75. The molecular weight excluding hydrogens is 267 g/mol. The molecule has 0 radical (unpaired) electrons. The molecule has 11 heavy (non-hydrogen) atoms. The lowest BCUT2D eigenvalue weighted by atomic mass is 10.1. The Morgan fingerprint density at radius 2 is 2.18 bits per heavy atom. The number of hydrogen-bond acceptors (Lipinski definition) is 1. The summed E-state index contributed by atoms with van der Waals surface area (Å²) in [6.07, 6.45) is 5.01. The molecular formula is C9H17IS. The van der Waals surface area contributed by atoms with Gasteiger partial charge in [0.2, 0.25) is 0 Å². The zero-order valence-electron chi connectivity index (χ0n) is 7.40. The van der Waals surface area contributed by atoms with Gasteiger partial charge in [-0.05, 0) is 40.5 Å². The quantitative estimate of drug-likeness (QED) is 0.507. The van der Waals surface area contributed by atoms with Crippen molar-refractivity contribution in [2.75, 3.05) is 0 Å². The Hall–Kier alpha value is 0.820. The molecule has 0 aliphatic carbocycles. The largest absolute Gasteiger partial charge is 0.0987 e. The van der Waals surface area contributed by atoms with E-state index in [2.05, 4.69) is 41.6 Å². The first kappa shape index (κ1) is 11.8. The highest BCUT2D eigenvalue weighted by Gasteiger charge is 2.08. The van der Waals surface area contributed by atoms with Gasteiger partial charge in [-0.25, -0.2) is 0 Å². The number of unbranched alkanes of at least 4 members (excludes halogenated alkanes) is 1. The third-order valence-corrected chi connectivity index (χ3v) is 4.51. The highest BCUT2D eigenvalue weighted by molar-refractivity contribution is 14.2. The van der Waals surface area contributed by atoms with Crippen molar-refractivity contribution in [1.29, 1.82) is 0 Å². The summed E-state index contributed by atoms with van der Waals surface area (Å²) in [6.45, 7) is 8.57. The molecule has 0 aromatic heterocycles. The van der Waals surface area contributed by atoms with Crippen molar-refractivity contribution >= 4 is 30.1 Å². The van der Waals surface area contributed by atoms with Crippen LogP contribution in [0.3, 0.4) is 0 Å². The van der Waals surface area contributed by atoms with E-state index in [1.165, 1.54) is 31.3 Å². The summed E-state index contributed by atoms with van der Waals surface area (Å²) in [5, 5.41) is 0.683. The van der Waals surface area contributed by atoms with E-state index in [4.69, 9.17) is 0 Å². The van der Waals surface area contributed by atoms with Crippen LogP contribution in [0.25, 0.3) is 0 Å². The van der Waals surface area contributed by atoms with Gasteiger partial charge >= 0.3 is 0 Å². The Kier molecular flexibility index (Phi) is 8.02. The molecule has 0 N–H and O–H groups in total. The second kappa shape index (κ2) is 7.47. The van der Waals surface area contributed by atoms with Crippen LogP contribution in [-0.2, 0) is 0 Å². The van der Waals surface area contributed by atoms with Crippen molar-refractivity contribution in [2.24, 2.45) is 0 Å². The molecule has 66 valence electrons. The average Bonchev–Trinajstić information content (AvgIpc) is 2.03. The molecule has 0 aliphatic heterocycles. The molecule has 0 aromatic carbocycles. The van der Waals surface area contributed by atoms with Crippen molar-refractivity contribution in [2.45, 2.75) is 44.8 Å². The third-order valence-electron chi connectivity index (χ3n) is 1.79. The summed E-state index contributed by atoms with van der Waals surface area (Å²) in [5.74, 6) is 0. The van der Waals surface area contributed by atoms with Crippen molar-refractivity contribution in [3.8, 4) is 0 Å². The molecule has 0 nitrogen and oxygen atoms in total. The monoisotopic (exact) mass is 284 g/mol. The van der Waals surface area contributed by atoms with E-state index < -0.39 is 0 Å². The maximum Gasteiger partial charge on any atom is 0.0351 e. The minimum Gasteiger partial charge on any atom is -0.0987 e. The molecule has 0 aromatic rings. The van der Waals surface area contributed by atoms with Gasteiger partial charge in [-0.15, -0.1) is 0 Å². The van der Waals surface area contributed by atoms with Gasteiger partial charge in [-0.3, -0.25) is 0 Å². The van der Waals surface area contributed by atoms with Crippen molar-refractivity contribution < 1.29 is 0 Å². The molecule has 1 atom stereocenters. The lowest BCUT2D eigenvalue weighted by Crippen LogP contribution is -2.01. The van der Waals surface area contributed by atoms with Gasteiger partial charge in [0.1, 0.15) is 0 Å². The lowest BCUT2D eigenvalue weighted by molar-refractivity contribution is 0.754. The SMILES string of the molecule is C=C(CCCC)[C@H](CC)SI. The Morgan fingerprint density at radius 1 is 1.55 bits per heavy atom. The number of rotatable bonds is 6. The molecule has 0 rings (SSSR count). The second-order valence-corrected chi connectivity index (χ2v) is 5.02. The summed E-state index contributed by atoms with van der Waals surface area (Å²) < 4.78 is 0. The van der Waals surface area contributed by atoms with E-state index >= 15 is 0 Å². The molecule has 0 spiro atoms. The van der Waals surface area contributed by atoms with Crippen LogP contribution in [-0.4, -0.2) is 5.25 Å². The van der Waals surface area contributed by atoms with E-state index in [1.54, 1.807) is 0 Å². The van der Waals surface area contributed by atoms with Crippen LogP contribution >= 0.6 is 30.1 Å². The van der Waals surface area contributed by atoms with Crippen LogP contribution < -0.4 is 0 Å². The molecule has 0 saturated carbocycles. The fourth-order valence-corrected chi connectivity index (χ4v) is 3.51. The summed E-state index contributed by atoms with van der Waals surface area (Å²) in [7, 11) is 1.90. The van der Waals surface area contributed by atoms with Gasteiger partial charge in [0.15, 0.2) is 0 Å². The van der Waals surface area contributed by atoms with Crippen molar-refractivity contribution in [3.05, 3.63) is 12.2 Å². The van der Waals surface area contributed by atoms with Gasteiger partial charge in [0.05, 0.1) is 0 Å². The molecule has 0 aliphatic rings. The molecule has 0 unspecified atom stereocenters. The zero-order valence-corrected chi connectivity index (χ0v) is 10.4. The first-order valence-corrected chi connectivity index (χ1v) is 7.63. The summed E-state index contributed by atoms with van der Waals surface area (Å²) in [5.41, 5.74) is 1.42. The minimum atomic E-state index is 0.683. The predicted molar refractivity (Wildman–Crippen MR) is 64.4 cm³/mol. The number of halogens is 1. The molecule has 0 amide bonds. The Labute approximate surface area is 86.8 Å². The van der Waals surface area contributed by atoms with Gasteiger partial charge in [0, 0.05) is 5.25 Å². The van der Waals surface area contributed by atoms with Gasteiger partial charge < -0.3 is 0 Å². The predicted octanol–water partition coefficient (Wildman–Crippen LogP) is 4.59. The van der Waals surface area contributed by atoms with Gasteiger partial charge in [0.25, 0.3) is 0 Å². The lowest BCUT2D eigenvalue weighted by Gasteiger charge is -2.13. The fraction of sp³-hybridized carbons (Fsp3) is 0.778. The normalized spacial score (nSPS) is 13.0. The van der Waals surface area contributed by atoms with Crippen molar-refractivity contribution in [1.82, 2.24) is 0 Å². The Bertz CT molecular complexity index is 108. The van der Waals surface area contributed by atoms with Crippen LogP contribution in [0.5, 0.6) is 0 Å². The van der Waals surface area contributed by atoms with Crippen molar-refractivity contribution in [3.63, 3.8) is 0 Å². The molecule has 0 saturated heterocycles. The Morgan fingerprint density at radius 3 is 2.55 bits per heavy atom. The standard InChI is InChI=1S/C9H17IS/c1-4-6-7-8(3)9(5-2)11-10/h9H,3-7H2,1-2H3/t9-/m0/s1. The average molecular weight is 284 g/mol. The van der Waals surface area contributed by atoms with Gasteiger partial charge in [-0.1, -0.05) is 41.4 Å². The summed E-state index contributed by atoms with van der Waals surface area (Å²) in [6, 6.07) is 0. The van der Waals surface area contributed by atoms with E-state index in [0.29, 0.717) is 5.25 Å². The summed E-state index contributed by atoms with van der Waals surface area (Å²) in [4.78, 5) is 0. The van der Waals surface area contributed by atoms with E-state index in [1.807, 2.05) is 8.93 Å². The van der Waals surface area contributed by atoms with Crippen LogP contribution in [0.1, 0.15) is 39.5 Å². The van der Waals surface area contributed by atoms with Crippen LogP contribution in [0.4, 0.5) is 0 Å². The Balaban J connectivity index is 3.61. The highest BCUT2D eigenvalue weighted by atomic mass is 127. The number of hydrogen-bond donors (Lipinski definition) is 0. The van der Waals surface area contributed by atoms with Crippen LogP contribution in [0, 0.1) is 0 Å². The topological polar surface area (TPSA) is 0 Å². The zero-order chi connectivity index (χ0) is 8.69. The molecule has 2 heteroatoms. The first-order valence-electron chi connectivity index (χ1n) is 4.21. The highest BCUT2D eigenvalue weighted by Crippen LogP contribution is 2.29. The third kappa shape index (κ3) is 5.12. The summed E-state index contributed by atoms with van der Waals surface area (Å²) >= 11 is 2.37. The maximum absolute atomic E-state index is 4.11. The molecule has 0 fully saturated rings. The first-order chi connectivity index (χ1) is 5.26.